The average Bonchev–Trinajstić information content (AvgIpc) is 2.47. The number of nitrogens with zero attached hydrogens (tertiary/aromatic N) is 1. The SMILES string of the molecule is Cn1c(=O)cc(NC2CCCCCCC2)c2ccccc21. The van der Waals surface area contributed by atoms with E-state index >= 15 is 0 Å². The summed E-state index contributed by atoms with van der Waals surface area (Å²) in [4.78, 5) is 12.1. The van der Waals surface area contributed by atoms with Crippen LogP contribution in [0.4, 0.5) is 5.69 Å². The predicted molar refractivity (Wildman–Crippen MR) is 88.9 cm³/mol. The van der Waals surface area contributed by atoms with Gasteiger partial charge in [-0.05, 0) is 18.9 Å². The number of aromatic nitrogens is 1. The highest BCUT2D eigenvalue weighted by Gasteiger charge is 2.13. The second kappa shape index (κ2) is 6.33. The van der Waals surface area contributed by atoms with Crippen molar-refractivity contribution < 1.29 is 0 Å². The summed E-state index contributed by atoms with van der Waals surface area (Å²) in [6.45, 7) is 0. The number of aryl methyl sites for hydroxylation is 1. The summed E-state index contributed by atoms with van der Waals surface area (Å²) < 4.78 is 1.72. The van der Waals surface area contributed by atoms with Crippen molar-refractivity contribution in [3.8, 4) is 0 Å². The predicted octanol–water partition coefficient (Wildman–Crippen LogP) is 4.06. The minimum atomic E-state index is 0.0574. The third-order valence-electron chi connectivity index (χ3n) is 4.62. The number of pyridine rings is 1. The number of para-hydroxylation sites is 1. The van der Waals surface area contributed by atoms with Crippen LogP contribution in [0.3, 0.4) is 0 Å². The van der Waals surface area contributed by atoms with Gasteiger partial charge in [-0.15, -0.1) is 0 Å². The van der Waals surface area contributed by atoms with E-state index < -0.39 is 0 Å². The maximum absolute atomic E-state index is 12.1. The van der Waals surface area contributed by atoms with Crippen molar-refractivity contribution in [2.75, 3.05) is 5.32 Å². The lowest BCUT2D eigenvalue weighted by Gasteiger charge is -2.23. The van der Waals surface area contributed by atoms with E-state index in [9.17, 15) is 4.79 Å². The molecule has 1 aliphatic rings. The largest absolute Gasteiger partial charge is 0.382 e. The van der Waals surface area contributed by atoms with Crippen LogP contribution in [0.5, 0.6) is 0 Å². The van der Waals surface area contributed by atoms with E-state index in [1.165, 1.54) is 44.9 Å². The third kappa shape index (κ3) is 3.12. The van der Waals surface area contributed by atoms with Crippen LogP contribution < -0.4 is 10.9 Å². The maximum atomic E-state index is 12.1. The van der Waals surface area contributed by atoms with Crippen molar-refractivity contribution in [3.05, 3.63) is 40.7 Å². The van der Waals surface area contributed by atoms with E-state index in [4.69, 9.17) is 0 Å². The number of fused-ring (bicyclic) bond motifs is 1. The van der Waals surface area contributed by atoms with Crippen molar-refractivity contribution in [2.45, 2.75) is 51.0 Å². The Morgan fingerprint density at radius 2 is 1.71 bits per heavy atom. The minimum Gasteiger partial charge on any atom is -0.382 e. The Hall–Kier alpha value is -1.77. The van der Waals surface area contributed by atoms with Crippen LogP contribution in [0.1, 0.15) is 44.9 Å². The molecular formula is C18H24N2O. The molecular weight excluding hydrogens is 260 g/mol. The summed E-state index contributed by atoms with van der Waals surface area (Å²) in [5, 5.41) is 4.79. The summed E-state index contributed by atoms with van der Waals surface area (Å²) in [6.07, 6.45) is 9.07. The quantitative estimate of drug-likeness (QED) is 0.902. The molecule has 1 saturated carbocycles. The van der Waals surface area contributed by atoms with Gasteiger partial charge in [0.15, 0.2) is 0 Å². The van der Waals surface area contributed by atoms with Crippen LogP contribution in [-0.4, -0.2) is 10.6 Å². The Kier molecular flexibility index (Phi) is 4.28. The monoisotopic (exact) mass is 284 g/mol. The highest BCUT2D eigenvalue weighted by atomic mass is 16.1. The summed E-state index contributed by atoms with van der Waals surface area (Å²) in [5.41, 5.74) is 2.06. The van der Waals surface area contributed by atoms with Crippen LogP contribution in [0, 0.1) is 0 Å². The molecule has 0 saturated heterocycles. The molecule has 1 aliphatic carbocycles. The lowest BCUT2D eigenvalue weighted by Crippen LogP contribution is -2.23. The van der Waals surface area contributed by atoms with E-state index in [0.29, 0.717) is 6.04 Å². The van der Waals surface area contributed by atoms with Crippen LogP contribution in [-0.2, 0) is 7.05 Å². The van der Waals surface area contributed by atoms with E-state index in [2.05, 4.69) is 11.4 Å². The number of anilines is 1. The Morgan fingerprint density at radius 1 is 1.05 bits per heavy atom. The fourth-order valence-corrected chi connectivity index (χ4v) is 3.35. The average molecular weight is 284 g/mol. The lowest BCUT2D eigenvalue weighted by molar-refractivity contribution is 0.471. The van der Waals surface area contributed by atoms with Crippen molar-refractivity contribution in [1.82, 2.24) is 4.57 Å². The summed E-state index contributed by atoms with van der Waals surface area (Å²) in [6, 6.07) is 10.4. The number of nitrogens with one attached hydrogen (secondary N) is 1. The molecule has 1 aromatic heterocycles. The fraction of sp³-hybridized carbons (Fsp3) is 0.500. The summed E-state index contributed by atoms with van der Waals surface area (Å²) in [5.74, 6) is 0. The van der Waals surface area contributed by atoms with Gasteiger partial charge in [-0.2, -0.15) is 0 Å². The molecule has 1 N–H and O–H groups in total. The van der Waals surface area contributed by atoms with Gasteiger partial charge in [0.2, 0.25) is 0 Å². The van der Waals surface area contributed by atoms with Gasteiger partial charge in [-0.1, -0.05) is 50.3 Å². The molecule has 0 spiro atoms. The molecule has 0 amide bonds. The van der Waals surface area contributed by atoms with E-state index in [1.54, 1.807) is 10.6 Å². The van der Waals surface area contributed by atoms with Gasteiger partial charge in [0.1, 0.15) is 0 Å². The first-order valence-corrected chi connectivity index (χ1v) is 8.11. The Labute approximate surface area is 126 Å². The number of hydrogen-bond donors (Lipinski definition) is 1. The van der Waals surface area contributed by atoms with Gasteiger partial charge < -0.3 is 9.88 Å². The summed E-state index contributed by atoms with van der Waals surface area (Å²) in [7, 11) is 1.84. The van der Waals surface area contributed by atoms with Gasteiger partial charge in [0.05, 0.1) is 5.52 Å². The maximum Gasteiger partial charge on any atom is 0.252 e. The second-order valence-corrected chi connectivity index (χ2v) is 6.16. The van der Waals surface area contributed by atoms with Crippen LogP contribution in [0.15, 0.2) is 35.1 Å². The van der Waals surface area contributed by atoms with Gasteiger partial charge in [0, 0.05) is 30.2 Å². The molecule has 21 heavy (non-hydrogen) atoms. The van der Waals surface area contributed by atoms with Gasteiger partial charge in [0.25, 0.3) is 5.56 Å². The van der Waals surface area contributed by atoms with Gasteiger partial charge >= 0.3 is 0 Å². The third-order valence-corrected chi connectivity index (χ3v) is 4.62. The normalized spacial score (nSPS) is 17.4. The molecule has 3 rings (SSSR count). The minimum absolute atomic E-state index is 0.0574. The van der Waals surface area contributed by atoms with Crippen molar-refractivity contribution >= 4 is 16.6 Å². The molecule has 1 fully saturated rings. The zero-order chi connectivity index (χ0) is 14.7. The number of benzene rings is 1. The van der Waals surface area contributed by atoms with Crippen LogP contribution in [0.25, 0.3) is 10.9 Å². The molecule has 0 unspecified atom stereocenters. The molecule has 0 atom stereocenters. The molecule has 112 valence electrons. The molecule has 1 heterocycles. The first-order chi connectivity index (χ1) is 10.3. The Morgan fingerprint density at radius 3 is 2.48 bits per heavy atom. The number of rotatable bonds is 2. The molecule has 3 heteroatoms. The highest BCUT2D eigenvalue weighted by molar-refractivity contribution is 5.91. The molecule has 2 aromatic rings. The first-order valence-electron chi connectivity index (χ1n) is 8.11. The van der Waals surface area contributed by atoms with E-state index in [-0.39, 0.29) is 5.56 Å². The zero-order valence-electron chi connectivity index (χ0n) is 12.8. The van der Waals surface area contributed by atoms with Crippen LogP contribution in [0.2, 0.25) is 0 Å². The summed E-state index contributed by atoms with van der Waals surface area (Å²) >= 11 is 0. The second-order valence-electron chi connectivity index (χ2n) is 6.16. The highest BCUT2D eigenvalue weighted by Crippen LogP contribution is 2.25. The molecule has 1 aromatic carbocycles. The first kappa shape index (κ1) is 14.2. The van der Waals surface area contributed by atoms with Gasteiger partial charge in [-0.3, -0.25) is 4.79 Å². The number of hydrogen-bond acceptors (Lipinski definition) is 2. The van der Waals surface area contributed by atoms with E-state index in [1.807, 2.05) is 25.2 Å². The molecule has 3 nitrogen and oxygen atoms in total. The Balaban J connectivity index is 1.92. The smallest absolute Gasteiger partial charge is 0.252 e. The van der Waals surface area contributed by atoms with Crippen LogP contribution >= 0.6 is 0 Å². The molecule has 0 bridgehead atoms. The lowest BCUT2D eigenvalue weighted by atomic mass is 9.96. The van der Waals surface area contributed by atoms with Crippen molar-refractivity contribution in [1.29, 1.82) is 0 Å². The van der Waals surface area contributed by atoms with Crippen molar-refractivity contribution in [3.63, 3.8) is 0 Å². The molecule has 0 radical (unpaired) electrons. The fourth-order valence-electron chi connectivity index (χ4n) is 3.35. The zero-order valence-corrected chi connectivity index (χ0v) is 12.8. The van der Waals surface area contributed by atoms with Gasteiger partial charge in [-0.25, -0.2) is 0 Å². The molecule has 0 aliphatic heterocycles. The van der Waals surface area contributed by atoms with Crippen molar-refractivity contribution in [2.24, 2.45) is 7.05 Å². The topological polar surface area (TPSA) is 34.0 Å². The Bertz CT molecular complexity index is 666. The standard InChI is InChI=1S/C18H24N2O/c1-20-17-12-8-7-11-15(17)16(13-18(20)21)19-14-9-5-3-2-4-6-10-14/h7-8,11-14,19H,2-6,9-10H2,1H3. The van der Waals surface area contributed by atoms with E-state index in [0.717, 1.165) is 16.6 Å².